The molecule has 0 radical (unpaired) electrons. The molecule has 1 N–H and O–H groups in total. The Morgan fingerprint density at radius 2 is 2.35 bits per heavy atom. The quantitative estimate of drug-likeness (QED) is 0.678. The van der Waals surface area contributed by atoms with Gasteiger partial charge in [0.15, 0.2) is 0 Å². The highest BCUT2D eigenvalue weighted by Crippen LogP contribution is 2.29. The Morgan fingerprint density at radius 1 is 1.57 bits per heavy atom. The van der Waals surface area contributed by atoms with Gasteiger partial charge in [0.2, 0.25) is 0 Å². The molecule has 1 atom stereocenters. The number of carbonyl (C=O) groups is 1. The van der Waals surface area contributed by atoms with Crippen LogP contribution in [-0.4, -0.2) is 41.0 Å². The summed E-state index contributed by atoms with van der Waals surface area (Å²) in [6.45, 7) is 7.16. The lowest BCUT2D eigenvalue weighted by atomic mass is 10.0. The van der Waals surface area contributed by atoms with Crippen molar-refractivity contribution in [1.82, 2.24) is 10.3 Å². The van der Waals surface area contributed by atoms with Gasteiger partial charge in [-0.05, 0) is 51.9 Å². The molecule has 1 saturated heterocycles. The highest BCUT2D eigenvalue weighted by Gasteiger charge is 2.25. The van der Waals surface area contributed by atoms with Gasteiger partial charge in [0.05, 0.1) is 17.0 Å². The molecular weight excluding hydrogens is 312 g/mol. The first-order valence-electron chi connectivity index (χ1n) is 7.65. The molecule has 0 bridgehead atoms. The van der Waals surface area contributed by atoms with Gasteiger partial charge in [-0.25, -0.2) is 4.79 Å². The van der Waals surface area contributed by atoms with Crippen LogP contribution >= 0.6 is 12.2 Å². The van der Waals surface area contributed by atoms with Gasteiger partial charge in [0.1, 0.15) is 11.3 Å². The fourth-order valence-electron chi connectivity index (χ4n) is 2.57. The molecule has 0 aromatic carbocycles. The summed E-state index contributed by atoms with van der Waals surface area (Å²) < 4.78 is 5.32. The van der Waals surface area contributed by atoms with E-state index in [0.717, 1.165) is 25.1 Å². The normalized spacial score (nSPS) is 18.0. The molecule has 0 aliphatic carbocycles. The number of alkyl carbamates (subject to hydrolysis) is 1. The van der Waals surface area contributed by atoms with Crippen LogP contribution in [0.15, 0.2) is 23.5 Å². The van der Waals surface area contributed by atoms with Gasteiger partial charge in [-0.3, -0.25) is 4.98 Å². The minimum atomic E-state index is -0.495. The molecular formula is C16H22N4O2S. The van der Waals surface area contributed by atoms with E-state index in [0.29, 0.717) is 12.2 Å². The number of rotatable bonds is 3. The molecule has 6 nitrogen and oxygen atoms in total. The molecule has 7 heteroatoms. The van der Waals surface area contributed by atoms with E-state index < -0.39 is 5.60 Å². The van der Waals surface area contributed by atoms with Crippen molar-refractivity contribution in [2.45, 2.75) is 45.3 Å². The number of nitrogens with zero attached hydrogens (tertiary/aromatic N) is 3. The molecule has 0 saturated carbocycles. The molecule has 1 unspecified atom stereocenters. The first-order chi connectivity index (χ1) is 10.9. The van der Waals surface area contributed by atoms with Crippen molar-refractivity contribution in [3.8, 4) is 0 Å². The summed E-state index contributed by atoms with van der Waals surface area (Å²) in [6, 6.07) is 1.94. The molecule has 124 valence electrons. The van der Waals surface area contributed by atoms with Crippen LogP contribution < -0.4 is 10.2 Å². The summed E-state index contributed by atoms with van der Waals surface area (Å²) in [5, 5.41) is 5.33. The van der Waals surface area contributed by atoms with E-state index in [2.05, 4.69) is 37.6 Å². The van der Waals surface area contributed by atoms with Crippen LogP contribution in [0.2, 0.25) is 0 Å². The zero-order valence-electron chi connectivity index (χ0n) is 13.7. The fraction of sp³-hybridized carbons (Fsp3) is 0.562. The SMILES string of the molecule is CC(C)(C)OC(=O)NC1CCCN(c2ccncc2N=C=S)C1. The van der Waals surface area contributed by atoms with E-state index in [1.165, 1.54) is 0 Å². The summed E-state index contributed by atoms with van der Waals surface area (Å²) in [5.41, 5.74) is 1.15. The number of nitrogens with one attached hydrogen (secondary N) is 1. The van der Waals surface area contributed by atoms with Crippen LogP contribution in [0.1, 0.15) is 33.6 Å². The Bertz CT molecular complexity index is 608. The lowest BCUT2D eigenvalue weighted by Crippen LogP contribution is -2.49. The monoisotopic (exact) mass is 334 g/mol. The molecule has 1 aromatic heterocycles. The van der Waals surface area contributed by atoms with Gasteiger partial charge in [0.25, 0.3) is 0 Å². The predicted molar refractivity (Wildman–Crippen MR) is 93.5 cm³/mol. The van der Waals surface area contributed by atoms with Crippen molar-refractivity contribution in [2.75, 3.05) is 18.0 Å². The number of isothiocyanates is 1. The Morgan fingerprint density at radius 3 is 3.04 bits per heavy atom. The highest BCUT2D eigenvalue weighted by molar-refractivity contribution is 7.78. The Kier molecular flexibility index (Phi) is 5.69. The second-order valence-electron chi connectivity index (χ2n) is 6.50. The maximum Gasteiger partial charge on any atom is 0.407 e. The van der Waals surface area contributed by atoms with E-state index in [1.807, 2.05) is 26.8 Å². The fourth-order valence-corrected chi connectivity index (χ4v) is 2.67. The first-order valence-corrected chi connectivity index (χ1v) is 8.06. The number of aliphatic imine (C=N–C) groups is 1. The molecule has 2 heterocycles. The summed E-state index contributed by atoms with van der Waals surface area (Å²) >= 11 is 4.69. The number of hydrogen-bond acceptors (Lipinski definition) is 6. The minimum Gasteiger partial charge on any atom is -0.444 e. The topological polar surface area (TPSA) is 66.8 Å². The van der Waals surface area contributed by atoms with Crippen LogP contribution in [0, 0.1) is 0 Å². The third kappa shape index (κ3) is 5.30. The number of anilines is 1. The van der Waals surface area contributed by atoms with Crippen molar-refractivity contribution in [3.63, 3.8) is 0 Å². The lowest BCUT2D eigenvalue weighted by molar-refractivity contribution is 0.0500. The number of ether oxygens (including phenoxy) is 1. The second-order valence-corrected chi connectivity index (χ2v) is 6.68. The number of thiocarbonyl (C=S) groups is 1. The summed E-state index contributed by atoms with van der Waals surface area (Å²) in [7, 11) is 0. The maximum absolute atomic E-state index is 11.9. The highest BCUT2D eigenvalue weighted by atomic mass is 32.1. The Labute approximate surface area is 141 Å². The molecule has 1 aromatic rings. The second kappa shape index (κ2) is 7.53. The van der Waals surface area contributed by atoms with E-state index >= 15 is 0 Å². The van der Waals surface area contributed by atoms with E-state index in [9.17, 15) is 4.79 Å². The summed E-state index contributed by atoms with van der Waals surface area (Å²) in [4.78, 5) is 22.2. The number of pyridine rings is 1. The van der Waals surface area contributed by atoms with Gasteiger partial charge in [0, 0.05) is 25.3 Å². The van der Waals surface area contributed by atoms with E-state index in [-0.39, 0.29) is 12.1 Å². The molecule has 1 amide bonds. The zero-order chi connectivity index (χ0) is 16.9. The number of carbonyl (C=O) groups excluding carboxylic acids is 1. The average molecular weight is 334 g/mol. The van der Waals surface area contributed by atoms with Crippen LogP contribution in [-0.2, 0) is 4.74 Å². The third-order valence-electron chi connectivity index (χ3n) is 3.43. The summed E-state index contributed by atoms with van der Waals surface area (Å²) in [5.74, 6) is 0. The van der Waals surface area contributed by atoms with Crippen molar-refractivity contribution in [1.29, 1.82) is 0 Å². The standard InChI is InChI=1S/C16H22N4O2S/c1-16(2,3)22-15(21)19-12-5-4-8-20(10-12)14-6-7-17-9-13(14)18-11-23/h6-7,9,12H,4-5,8,10H2,1-3H3,(H,19,21). The smallest absolute Gasteiger partial charge is 0.407 e. The number of piperidine rings is 1. The molecule has 1 aliphatic rings. The molecule has 0 spiro atoms. The van der Waals surface area contributed by atoms with Crippen molar-refractivity contribution >= 4 is 34.8 Å². The van der Waals surface area contributed by atoms with Gasteiger partial charge in [-0.2, -0.15) is 4.99 Å². The Hall–Kier alpha value is -1.98. The van der Waals surface area contributed by atoms with Crippen LogP contribution in [0.3, 0.4) is 0 Å². The van der Waals surface area contributed by atoms with Crippen LogP contribution in [0.4, 0.5) is 16.2 Å². The largest absolute Gasteiger partial charge is 0.444 e. The number of amides is 1. The third-order valence-corrected chi connectivity index (χ3v) is 3.52. The first kappa shape index (κ1) is 17.4. The zero-order valence-corrected chi connectivity index (χ0v) is 14.5. The Balaban J connectivity index is 2.04. The van der Waals surface area contributed by atoms with Crippen molar-refractivity contribution in [3.05, 3.63) is 18.5 Å². The average Bonchev–Trinajstić information content (AvgIpc) is 2.46. The predicted octanol–water partition coefficient (Wildman–Crippen LogP) is 3.31. The lowest BCUT2D eigenvalue weighted by Gasteiger charge is -2.35. The van der Waals surface area contributed by atoms with Crippen LogP contribution in [0.25, 0.3) is 0 Å². The van der Waals surface area contributed by atoms with Gasteiger partial charge >= 0.3 is 6.09 Å². The molecule has 23 heavy (non-hydrogen) atoms. The van der Waals surface area contributed by atoms with Crippen molar-refractivity contribution in [2.24, 2.45) is 4.99 Å². The van der Waals surface area contributed by atoms with Crippen LogP contribution in [0.5, 0.6) is 0 Å². The maximum atomic E-state index is 11.9. The van der Waals surface area contributed by atoms with E-state index in [4.69, 9.17) is 4.74 Å². The van der Waals surface area contributed by atoms with Gasteiger partial charge in [-0.15, -0.1) is 0 Å². The van der Waals surface area contributed by atoms with E-state index in [1.54, 1.807) is 12.4 Å². The van der Waals surface area contributed by atoms with Gasteiger partial charge in [-0.1, -0.05) is 0 Å². The number of hydrogen-bond donors (Lipinski definition) is 1. The van der Waals surface area contributed by atoms with Gasteiger partial charge < -0.3 is 15.0 Å². The van der Waals surface area contributed by atoms with Crippen molar-refractivity contribution < 1.29 is 9.53 Å². The molecule has 1 fully saturated rings. The summed E-state index contributed by atoms with van der Waals surface area (Å²) in [6.07, 6.45) is 4.91. The molecule has 1 aliphatic heterocycles. The molecule has 2 rings (SSSR count). The minimum absolute atomic E-state index is 0.0380. The number of aromatic nitrogens is 1.